The number of aromatic nitrogens is 3. The molecular weight excluding hydrogens is 320 g/mol. The molecule has 0 aromatic carbocycles. The Morgan fingerprint density at radius 1 is 1.32 bits per heavy atom. The summed E-state index contributed by atoms with van der Waals surface area (Å²) in [7, 11) is 1.83. The number of fused-ring (bicyclic) bond motifs is 1. The van der Waals surface area contributed by atoms with Gasteiger partial charge in [0.1, 0.15) is 23.9 Å². The Kier molecular flexibility index (Phi) is 4.60. The first-order valence-electron chi connectivity index (χ1n) is 8.97. The molecule has 3 heterocycles. The van der Waals surface area contributed by atoms with Crippen LogP contribution in [0.25, 0.3) is 11.0 Å². The molecule has 1 aliphatic heterocycles. The third-order valence-corrected chi connectivity index (χ3v) is 5.53. The van der Waals surface area contributed by atoms with Crippen molar-refractivity contribution in [3.05, 3.63) is 18.6 Å². The molecular formula is C17H26N6O2. The lowest BCUT2D eigenvalue weighted by Crippen LogP contribution is -2.45. The van der Waals surface area contributed by atoms with E-state index in [1.54, 1.807) is 0 Å². The highest BCUT2D eigenvalue weighted by Gasteiger charge is 2.43. The highest BCUT2D eigenvalue weighted by Crippen LogP contribution is 2.38. The van der Waals surface area contributed by atoms with Crippen molar-refractivity contribution >= 4 is 16.9 Å². The fourth-order valence-corrected chi connectivity index (χ4v) is 4.23. The minimum absolute atomic E-state index is 0.0583. The zero-order valence-electron chi connectivity index (χ0n) is 14.5. The molecule has 8 heteroatoms. The highest BCUT2D eigenvalue weighted by atomic mass is 16.3. The van der Waals surface area contributed by atoms with Gasteiger partial charge in [0, 0.05) is 38.9 Å². The number of hydrogen-bond acceptors (Lipinski definition) is 7. The Morgan fingerprint density at radius 3 is 2.96 bits per heavy atom. The van der Waals surface area contributed by atoms with E-state index in [9.17, 15) is 10.2 Å². The molecule has 0 radical (unpaired) electrons. The number of nitrogens with one attached hydrogen (secondary N) is 2. The Hall–Kier alpha value is -1.74. The summed E-state index contributed by atoms with van der Waals surface area (Å²) in [6.45, 7) is 3.76. The van der Waals surface area contributed by atoms with Crippen LogP contribution in [0.2, 0.25) is 0 Å². The Morgan fingerprint density at radius 2 is 2.20 bits per heavy atom. The summed E-state index contributed by atoms with van der Waals surface area (Å²) in [6.07, 6.45) is 3.83. The first-order valence-corrected chi connectivity index (χ1v) is 8.97. The van der Waals surface area contributed by atoms with Gasteiger partial charge in [0.05, 0.1) is 17.5 Å². The zero-order valence-corrected chi connectivity index (χ0v) is 14.5. The average molecular weight is 346 g/mol. The summed E-state index contributed by atoms with van der Waals surface area (Å²) in [5.74, 6) is 0.829. The van der Waals surface area contributed by atoms with Crippen LogP contribution >= 0.6 is 0 Å². The average Bonchev–Trinajstić information content (AvgIpc) is 3.19. The van der Waals surface area contributed by atoms with Crippen molar-refractivity contribution in [1.29, 1.82) is 0 Å². The molecule has 0 bridgehead atoms. The second-order valence-corrected chi connectivity index (χ2v) is 7.07. The van der Waals surface area contributed by atoms with Gasteiger partial charge in [-0.2, -0.15) is 0 Å². The number of hydrogen-bond donors (Lipinski definition) is 4. The van der Waals surface area contributed by atoms with Gasteiger partial charge in [-0.1, -0.05) is 0 Å². The lowest BCUT2D eigenvalue weighted by atomic mass is 10.0. The molecule has 1 aliphatic carbocycles. The molecule has 1 saturated heterocycles. The van der Waals surface area contributed by atoms with E-state index in [1.807, 2.05) is 23.9 Å². The highest BCUT2D eigenvalue weighted by molar-refractivity contribution is 5.87. The van der Waals surface area contributed by atoms with Gasteiger partial charge in [-0.15, -0.1) is 0 Å². The van der Waals surface area contributed by atoms with Crippen molar-refractivity contribution in [2.45, 2.75) is 31.1 Å². The first-order chi connectivity index (χ1) is 12.2. The topological polar surface area (TPSA) is 98.5 Å². The van der Waals surface area contributed by atoms with E-state index in [0.29, 0.717) is 0 Å². The van der Waals surface area contributed by atoms with Crippen LogP contribution in [-0.2, 0) is 0 Å². The van der Waals surface area contributed by atoms with Gasteiger partial charge in [-0.05, 0) is 25.5 Å². The Labute approximate surface area is 146 Å². The fraction of sp³-hybridized carbons (Fsp3) is 0.647. The van der Waals surface area contributed by atoms with Crippen molar-refractivity contribution < 1.29 is 10.2 Å². The largest absolute Gasteiger partial charge is 0.390 e. The SMILES string of the molecule is CNc1ncnc2c1ccn2[C@@H]1C[C@H](CN2CCCNC2)[C@@H](O)[C@H]1O. The molecule has 4 atom stereocenters. The van der Waals surface area contributed by atoms with Crippen LogP contribution in [0.1, 0.15) is 18.9 Å². The van der Waals surface area contributed by atoms with Crippen molar-refractivity contribution in [1.82, 2.24) is 24.8 Å². The van der Waals surface area contributed by atoms with Crippen LogP contribution in [0.4, 0.5) is 5.82 Å². The van der Waals surface area contributed by atoms with Crippen LogP contribution < -0.4 is 10.6 Å². The maximum absolute atomic E-state index is 10.7. The van der Waals surface area contributed by atoms with Crippen molar-refractivity contribution in [2.75, 3.05) is 38.7 Å². The summed E-state index contributed by atoms with van der Waals surface area (Å²) >= 11 is 0. The van der Waals surface area contributed by atoms with Gasteiger partial charge in [0.15, 0.2) is 0 Å². The van der Waals surface area contributed by atoms with Gasteiger partial charge < -0.3 is 25.4 Å². The van der Waals surface area contributed by atoms with Gasteiger partial charge >= 0.3 is 0 Å². The summed E-state index contributed by atoms with van der Waals surface area (Å²) in [5, 5.41) is 28.6. The number of nitrogens with zero attached hydrogens (tertiary/aromatic N) is 4. The molecule has 4 rings (SSSR count). The fourth-order valence-electron chi connectivity index (χ4n) is 4.23. The third kappa shape index (κ3) is 2.99. The summed E-state index contributed by atoms with van der Waals surface area (Å²) in [4.78, 5) is 10.9. The first kappa shape index (κ1) is 16.7. The van der Waals surface area contributed by atoms with Gasteiger partial charge in [-0.25, -0.2) is 9.97 Å². The summed E-state index contributed by atoms with van der Waals surface area (Å²) in [5.41, 5.74) is 0.788. The van der Waals surface area contributed by atoms with Crippen molar-refractivity contribution in [2.24, 2.45) is 5.92 Å². The molecule has 136 valence electrons. The normalized spacial score (nSPS) is 30.8. The Bertz CT molecular complexity index is 729. The van der Waals surface area contributed by atoms with E-state index in [0.717, 1.165) is 56.0 Å². The van der Waals surface area contributed by atoms with Crippen LogP contribution in [0.15, 0.2) is 18.6 Å². The number of aliphatic hydroxyl groups excluding tert-OH is 2. The van der Waals surface area contributed by atoms with Crippen LogP contribution in [0, 0.1) is 5.92 Å². The molecule has 2 fully saturated rings. The number of rotatable bonds is 4. The van der Waals surface area contributed by atoms with E-state index in [1.165, 1.54) is 6.33 Å². The maximum atomic E-state index is 10.7. The van der Waals surface area contributed by atoms with Gasteiger partial charge in [0.2, 0.25) is 0 Å². The third-order valence-electron chi connectivity index (χ3n) is 5.53. The van der Waals surface area contributed by atoms with Crippen LogP contribution in [-0.4, -0.2) is 75.2 Å². The van der Waals surface area contributed by atoms with Gasteiger partial charge in [0.25, 0.3) is 0 Å². The molecule has 2 aromatic rings. The number of aliphatic hydroxyl groups is 2. The quantitative estimate of drug-likeness (QED) is 0.619. The molecule has 2 aliphatic rings. The lowest BCUT2D eigenvalue weighted by molar-refractivity contribution is -0.00113. The number of anilines is 1. The molecule has 0 amide bonds. The predicted octanol–water partition coefficient (Wildman–Crippen LogP) is 0.00860. The molecule has 0 spiro atoms. The second-order valence-electron chi connectivity index (χ2n) is 7.07. The molecule has 0 unspecified atom stereocenters. The van der Waals surface area contributed by atoms with E-state index < -0.39 is 12.2 Å². The smallest absolute Gasteiger partial charge is 0.145 e. The van der Waals surface area contributed by atoms with Crippen molar-refractivity contribution in [3.63, 3.8) is 0 Å². The Balaban J connectivity index is 1.56. The standard InChI is InChI=1S/C17H26N6O2/c1-18-16-12-3-6-23(17(12)21-9-20-16)13-7-11(14(24)15(13)25)8-22-5-2-4-19-10-22/h3,6,9,11,13-15,19,24-25H,2,4-5,7-8,10H2,1H3,(H,18,20,21)/t11-,13-,14-,15+/m1/s1. The molecule has 25 heavy (non-hydrogen) atoms. The van der Waals surface area contributed by atoms with E-state index in [2.05, 4.69) is 25.5 Å². The van der Waals surface area contributed by atoms with Gasteiger partial charge in [-0.3, -0.25) is 4.90 Å². The molecule has 4 N–H and O–H groups in total. The van der Waals surface area contributed by atoms with E-state index in [-0.39, 0.29) is 12.0 Å². The van der Waals surface area contributed by atoms with Crippen LogP contribution in [0.3, 0.4) is 0 Å². The molecule has 2 aromatic heterocycles. The maximum Gasteiger partial charge on any atom is 0.145 e. The van der Waals surface area contributed by atoms with E-state index in [4.69, 9.17) is 0 Å². The zero-order chi connectivity index (χ0) is 17.4. The second kappa shape index (κ2) is 6.87. The molecule has 8 nitrogen and oxygen atoms in total. The van der Waals surface area contributed by atoms with E-state index >= 15 is 0 Å². The summed E-state index contributed by atoms with van der Waals surface area (Å²) in [6, 6.07) is 1.79. The van der Waals surface area contributed by atoms with Crippen LogP contribution in [0.5, 0.6) is 0 Å². The van der Waals surface area contributed by atoms with Crippen molar-refractivity contribution in [3.8, 4) is 0 Å². The minimum Gasteiger partial charge on any atom is -0.390 e. The predicted molar refractivity (Wildman–Crippen MR) is 95.3 cm³/mol. The molecule has 1 saturated carbocycles. The monoisotopic (exact) mass is 346 g/mol. The minimum atomic E-state index is -0.786. The summed E-state index contributed by atoms with van der Waals surface area (Å²) < 4.78 is 1.99. The lowest BCUT2D eigenvalue weighted by Gasteiger charge is -2.30.